The number of carboxylic acid groups (broad SMARTS) is 1. The molecular weight excluding hydrogens is 708 g/mol. The smallest absolute Gasteiger partial charge is 0.404 e. The molecule has 3 N–H and O–H groups in total. The molecule has 11 nitrogen and oxygen atoms in total. The third kappa shape index (κ3) is 9.25. The average molecular weight is 738 g/mol. The first-order valence-corrected chi connectivity index (χ1v) is 16.6. The van der Waals surface area contributed by atoms with Gasteiger partial charge in [-0.05, 0) is 25.5 Å². The van der Waals surface area contributed by atoms with Crippen LogP contribution in [-0.2, 0) is 26.2 Å². The molecule has 46 heavy (non-hydrogen) atoms. The van der Waals surface area contributed by atoms with E-state index >= 15 is 0 Å². The van der Waals surface area contributed by atoms with E-state index in [9.17, 15) is 49.9 Å². The molecule has 1 unspecified atom stereocenters. The summed E-state index contributed by atoms with van der Waals surface area (Å²) in [7, 11) is -4.83. The van der Waals surface area contributed by atoms with Gasteiger partial charge in [-0.1, -0.05) is 50.0 Å². The number of hydrogen-bond acceptors (Lipinski definition) is 9. The van der Waals surface area contributed by atoms with Crippen molar-refractivity contribution in [3.8, 4) is 10.4 Å². The number of nitrogens with zero attached hydrogens (tertiary/aromatic N) is 2. The summed E-state index contributed by atoms with van der Waals surface area (Å²) in [5.74, 6) is -6.33. The summed E-state index contributed by atoms with van der Waals surface area (Å²) < 4.78 is 95.3. The Labute approximate surface area is 274 Å². The number of piperidine rings is 1. The number of likely N-dealkylation sites (tertiary alicyclic amines) is 1. The van der Waals surface area contributed by atoms with Crippen molar-refractivity contribution in [1.82, 2.24) is 25.5 Å². The number of hydrogen-bond donors (Lipinski definition) is 3. The molecule has 1 fully saturated rings. The van der Waals surface area contributed by atoms with Crippen LogP contribution in [0.2, 0.25) is 10.0 Å². The lowest BCUT2D eigenvalue weighted by atomic mass is 9.89. The summed E-state index contributed by atoms with van der Waals surface area (Å²) in [4.78, 5) is 41.3. The van der Waals surface area contributed by atoms with Gasteiger partial charge in [0.1, 0.15) is 10.9 Å². The Kier molecular flexibility index (Phi) is 11.7. The Morgan fingerprint density at radius 1 is 1.15 bits per heavy atom. The van der Waals surface area contributed by atoms with Gasteiger partial charge < -0.3 is 9.90 Å². The van der Waals surface area contributed by atoms with Gasteiger partial charge in [-0.2, -0.15) is 17.9 Å². The predicted molar refractivity (Wildman–Crippen MR) is 156 cm³/mol. The van der Waals surface area contributed by atoms with Crippen LogP contribution >= 0.6 is 34.5 Å². The summed E-state index contributed by atoms with van der Waals surface area (Å²) in [6.07, 6.45) is -6.20. The second kappa shape index (κ2) is 14.2. The predicted octanol–water partition coefficient (Wildman–Crippen LogP) is 3.89. The monoisotopic (exact) mass is 736 g/mol. The number of amides is 2. The Balaban J connectivity index is 1.98. The topological polar surface area (TPSA) is 161 Å². The number of thiazole rings is 1. The van der Waals surface area contributed by atoms with Crippen molar-refractivity contribution in [1.29, 1.82) is 0 Å². The van der Waals surface area contributed by atoms with E-state index < -0.39 is 85.7 Å². The van der Waals surface area contributed by atoms with E-state index in [1.807, 2.05) is 0 Å². The van der Waals surface area contributed by atoms with E-state index in [4.69, 9.17) is 23.2 Å². The minimum absolute atomic E-state index is 0.00328. The lowest BCUT2D eigenvalue weighted by Gasteiger charge is -2.32. The number of halogens is 7. The maximum absolute atomic E-state index is 14.1. The number of carboxylic acids is 1. The highest BCUT2D eigenvalue weighted by Crippen LogP contribution is 2.42. The van der Waals surface area contributed by atoms with Crippen molar-refractivity contribution < 1.29 is 49.9 Å². The van der Waals surface area contributed by atoms with E-state index in [1.165, 1.54) is 18.7 Å². The van der Waals surface area contributed by atoms with E-state index in [1.54, 1.807) is 4.72 Å². The molecule has 1 aromatic carbocycles. The highest BCUT2D eigenvalue weighted by Gasteiger charge is 2.42. The van der Waals surface area contributed by atoms with Gasteiger partial charge in [-0.15, -0.1) is 11.3 Å². The van der Waals surface area contributed by atoms with Gasteiger partial charge >= 0.3 is 6.18 Å². The fourth-order valence-electron chi connectivity index (χ4n) is 4.40. The molecule has 1 saturated heterocycles. The Morgan fingerprint density at radius 2 is 1.80 bits per heavy atom. The number of aromatic nitrogens is 1. The summed E-state index contributed by atoms with van der Waals surface area (Å²) >= 11 is 13.4. The minimum atomic E-state index is -4.89. The second-order valence-electron chi connectivity index (χ2n) is 11.2. The van der Waals surface area contributed by atoms with Gasteiger partial charge in [-0.25, -0.2) is 22.2 Å². The first-order chi connectivity index (χ1) is 21.1. The lowest BCUT2D eigenvalue weighted by Crippen LogP contribution is -2.46. The van der Waals surface area contributed by atoms with Crippen molar-refractivity contribution in [3.05, 3.63) is 32.9 Å². The Bertz CT molecular complexity index is 1600. The highest BCUT2D eigenvalue weighted by atomic mass is 35.5. The molecule has 2 heterocycles. The third-order valence-corrected chi connectivity index (χ3v) is 10.5. The number of hydrazine groups is 1. The number of rotatable bonds is 11. The van der Waals surface area contributed by atoms with Gasteiger partial charge in [0.05, 0.1) is 27.2 Å². The second-order valence-corrected chi connectivity index (χ2v) is 14.6. The molecule has 2 aromatic rings. The van der Waals surface area contributed by atoms with Gasteiger partial charge in [0, 0.05) is 36.3 Å². The zero-order valence-electron chi connectivity index (χ0n) is 24.5. The third-order valence-electron chi connectivity index (χ3n) is 6.89. The molecule has 0 radical (unpaired) electrons. The lowest BCUT2D eigenvalue weighted by molar-refractivity contribution is -0.317. The zero-order chi connectivity index (χ0) is 34.8. The summed E-state index contributed by atoms with van der Waals surface area (Å²) in [6, 6.07) is -0.367. The van der Waals surface area contributed by atoms with Crippen molar-refractivity contribution in [2.45, 2.75) is 76.0 Å². The Hall–Kier alpha value is -2.64. The van der Waals surface area contributed by atoms with Gasteiger partial charge in [-0.3, -0.25) is 25.3 Å². The largest absolute Gasteiger partial charge is 0.550 e. The SMILES string of the molecule is CCC(NS(=O)(=O)c1ccc(-c2sc(C(=O)NNC(=O)CC(C)(C)C(=O)[O-])nc2CN2CCCC(F)(F)C2)c(Cl)c1Cl)C(F)(F)F. The Morgan fingerprint density at radius 3 is 2.37 bits per heavy atom. The van der Waals surface area contributed by atoms with Crippen molar-refractivity contribution in [2.24, 2.45) is 5.41 Å². The maximum Gasteiger partial charge on any atom is 0.404 e. The number of carbonyl (C=O) groups is 3. The van der Waals surface area contributed by atoms with Crippen LogP contribution in [0.15, 0.2) is 17.0 Å². The van der Waals surface area contributed by atoms with Gasteiger partial charge in [0.2, 0.25) is 15.9 Å². The zero-order valence-corrected chi connectivity index (χ0v) is 27.6. The first kappa shape index (κ1) is 37.8. The first-order valence-electron chi connectivity index (χ1n) is 13.6. The quantitative estimate of drug-likeness (QED) is 0.231. The molecule has 2 amide bonds. The van der Waals surface area contributed by atoms with Crippen molar-refractivity contribution in [2.75, 3.05) is 13.1 Å². The van der Waals surface area contributed by atoms with Crippen molar-refractivity contribution >= 4 is 62.3 Å². The molecule has 0 saturated carbocycles. The minimum Gasteiger partial charge on any atom is -0.550 e. The molecule has 20 heteroatoms. The van der Waals surface area contributed by atoms with Crippen LogP contribution in [0.25, 0.3) is 10.4 Å². The van der Waals surface area contributed by atoms with E-state index in [0.29, 0.717) is 11.3 Å². The molecular formula is C26H29Cl2F5N5O6S2-. The molecule has 256 valence electrons. The number of benzene rings is 1. The van der Waals surface area contributed by atoms with Crippen LogP contribution in [-0.4, -0.2) is 67.3 Å². The molecule has 0 aliphatic carbocycles. The molecule has 1 atom stereocenters. The molecule has 1 aliphatic heterocycles. The number of nitrogens with one attached hydrogen (secondary N) is 3. The number of sulfonamides is 1. The molecule has 1 aliphatic rings. The van der Waals surface area contributed by atoms with Crippen LogP contribution in [0.1, 0.15) is 62.0 Å². The van der Waals surface area contributed by atoms with Crippen LogP contribution in [0, 0.1) is 5.41 Å². The maximum atomic E-state index is 14.1. The van der Waals surface area contributed by atoms with E-state index in [0.717, 1.165) is 19.1 Å². The molecule has 0 bridgehead atoms. The van der Waals surface area contributed by atoms with Crippen LogP contribution in [0.4, 0.5) is 22.0 Å². The van der Waals surface area contributed by atoms with Gasteiger partial charge in [0.25, 0.3) is 11.8 Å². The number of aliphatic carboxylic acids is 1. The number of carbonyl (C=O) groups excluding carboxylic acids is 3. The van der Waals surface area contributed by atoms with Crippen LogP contribution < -0.4 is 20.7 Å². The standard InChI is InChI=1S/C26H30Cl2F5N5O6S2/c1-4-16(26(31,32)33)37-46(43,44)15-7-6-13(18(27)19(15)28)20-14(11-38-9-5-8-25(29,30)12-38)34-22(45-20)21(40)36-35-17(39)10-24(2,3)23(41)42/h6-7,16,37H,4-5,8-12H2,1-3H3,(H,35,39)(H,36,40)(H,41,42)/p-1. The van der Waals surface area contributed by atoms with E-state index in [2.05, 4.69) is 15.8 Å². The molecule has 0 spiro atoms. The summed E-state index contributed by atoms with van der Waals surface area (Å²) in [5, 5.41) is 9.82. The summed E-state index contributed by atoms with van der Waals surface area (Å²) in [6.45, 7) is 3.05. The fraction of sp³-hybridized carbons (Fsp3) is 0.538. The van der Waals surface area contributed by atoms with Crippen molar-refractivity contribution in [3.63, 3.8) is 0 Å². The normalized spacial score (nSPS) is 16.6. The van der Waals surface area contributed by atoms with E-state index in [-0.39, 0.29) is 47.1 Å². The highest BCUT2D eigenvalue weighted by molar-refractivity contribution is 7.89. The van der Waals surface area contributed by atoms with Crippen LogP contribution in [0.5, 0.6) is 0 Å². The van der Waals surface area contributed by atoms with Crippen LogP contribution in [0.3, 0.4) is 0 Å². The molecule has 3 rings (SSSR count). The average Bonchev–Trinajstić information content (AvgIpc) is 3.33. The van der Waals surface area contributed by atoms with Gasteiger partial charge in [0.15, 0.2) is 5.01 Å². The summed E-state index contributed by atoms with van der Waals surface area (Å²) in [5.41, 5.74) is 2.65. The fourth-order valence-corrected chi connectivity index (χ4v) is 7.63. The number of alkyl halides is 5. The molecule has 1 aromatic heterocycles.